The second-order valence-electron chi connectivity index (χ2n) is 2.01. The van der Waals surface area contributed by atoms with Gasteiger partial charge in [0.15, 0.2) is 0 Å². The Balaban J connectivity index is 3.12. The van der Waals surface area contributed by atoms with Crippen LogP contribution in [-0.4, -0.2) is 24.9 Å². The summed E-state index contributed by atoms with van der Waals surface area (Å²) in [5.74, 6) is 0. The van der Waals surface area contributed by atoms with E-state index in [-0.39, 0.29) is 0 Å². The molecule has 0 aliphatic heterocycles. The molecule has 0 unspecified atom stereocenters. The Hall–Kier alpha value is -0.203. The van der Waals surface area contributed by atoms with E-state index in [1.807, 2.05) is 0 Å². The summed E-state index contributed by atoms with van der Waals surface area (Å²) < 4.78 is 4.48. The average molecular weight is 163 g/mol. The van der Waals surface area contributed by atoms with E-state index in [4.69, 9.17) is 9.59 Å². The fraction of sp³-hybridized carbons (Fsp3) is 0.600. The number of hydroxylamine groups is 1. The lowest BCUT2D eigenvalue weighted by molar-refractivity contribution is 0.0862. The molecule has 0 radical (unpaired) electrons. The molecular formula is C5H13NO3Si. The zero-order valence-corrected chi connectivity index (χ0v) is 7.00. The Bertz CT molecular complexity index is 102. The molecule has 0 heterocycles. The Morgan fingerprint density at radius 3 is 2.70 bits per heavy atom. The van der Waals surface area contributed by atoms with Crippen molar-refractivity contribution in [2.45, 2.75) is 13.0 Å². The minimum absolute atomic E-state index is 0.549. The third-order valence-electron chi connectivity index (χ3n) is 0.716. The van der Waals surface area contributed by atoms with Crippen LogP contribution in [0.3, 0.4) is 0 Å². The van der Waals surface area contributed by atoms with Gasteiger partial charge in [-0.1, -0.05) is 6.08 Å². The largest absolute Gasteiger partial charge is 0.509 e. The van der Waals surface area contributed by atoms with Gasteiger partial charge >= 0.3 is 8.80 Å². The van der Waals surface area contributed by atoms with Crippen LogP contribution >= 0.6 is 0 Å². The van der Waals surface area contributed by atoms with E-state index >= 15 is 0 Å². The Labute approximate surface area is 61.5 Å². The molecule has 0 aromatic rings. The standard InChI is InChI=1S/C5H13NO3Si/c1-3-4-5-6-9-10(2,7)8/h3,6-8H,1,4-5H2,2H3. The molecule has 0 aromatic carbocycles. The van der Waals surface area contributed by atoms with Crippen molar-refractivity contribution in [3.05, 3.63) is 12.7 Å². The van der Waals surface area contributed by atoms with Crippen molar-refractivity contribution >= 4 is 8.80 Å². The van der Waals surface area contributed by atoms with Crippen LogP contribution in [0.2, 0.25) is 6.55 Å². The van der Waals surface area contributed by atoms with Crippen LogP contribution in [0.25, 0.3) is 0 Å². The molecule has 0 aliphatic rings. The average Bonchev–Trinajstić information content (AvgIpc) is 1.78. The van der Waals surface area contributed by atoms with Gasteiger partial charge in [-0.05, 0) is 6.42 Å². The zero-order chi connectivity index (χ0) is 8.04. The van der Waals surface area contributed by atoms with Crippen molar-refractivity contribution in [3.63, 3.8) is 0 Å². The van der Waals surface area contributed by atoms with Crippen LogP contribution in [-0.2, 0) is 4.53 Å². The predicted molar refractivity (Wildman–Crippen MR) is 40.0 cm³/mol. The molecular weight excluding hydrogens is 150 g/mol. The molecule has 0 rings (SSSR count). The quantitative estimate of drug-likeness (QED) is 0.224. The van der Waals surface area contributed by atoms with Crippen molar-refractivity contribution in [1.82, 2.24) is 5.48 Å². The lowest BCUT2D eigenvalue weighted by atomic mass is 10.4. The first-order chi connectivity index (χ1) is 4.56. The number of rotatable bonds is 5. The molecule has 0 saturated carbocycles. The molecule has 10 heavy (non-hydrogen) atoms. The monoisotopic (exact) mass is 163 g/mol. The molecule has 0 spiro atoms. The van der Waals surface area contributed by atoms with Crippen molar-refractivity contribution < 1.29 is 14.1 Å². The van der Waals surface area contributed by atoms with E-state index in [1.54, 1.807) is 6.08 Å². The van der Waals surface area contributed by atoms with Gasteiger partial charge in [-0.25, -0.2) is 5.48 Å². The number of hydrogen-bond acceptors (Lipinski definition) is 4. The fourth-order valence-electron chi connectivity index (χ4n) is 0.349. The van der Waals surface area contributed by atoms with Gasteiger partial charge in [0.2, 0.25) is 0 Å². The zero-order valence-electron chi connectivity index (χ0n) is 6.00. The summed E-state index contributed by atoms with van der Waals surface area (Å²) >= 11 is 0. The maximum atomic E-state index is 8.70. The minimum Gasteiger partial charge on any atom is -0.389 e. The minimum atomic E-state index is -3.35. The first-order valence-electron chi connectivity index (χ1n) is 3.03. The molecule has 0 fully saturated rings. The summed E-state index contributed by atoms with van der Waals surface area (Å²) in [6.07, 6.45) is 2.45. The SMILES string of the molecule is C=CCCNO[Si](C)(O)O. The highest BCUT2D eigenvalue weighted by atomic mass is 28.4. The second kappa shape index (κ2) is 4.59. The maximum Gasteiger partial charge on any atom is 0.509 e. The van der Waals surface area contributed by atoms with Gasteiger partial charge < -0.3 is 9.59 Å². The van der Waals surface area contributed by atoms with Gasteiger partial charge in [-0.15, -0.1) is 6.58 Å². The fourth-order valence-corrected chi connectivity index (χ4v) is 0.724. The van der Waals surface area contributed by atoms with Crippen LogP contribution < -0.4 is 5.48 Å². The normalized spacial score (nSPS) is 11.5. The first-order valence-corrected chi connectivity index (χ1v) is 5.33. The summed E-state index contributed by atoms with van der Waals surface area (Å²) in [4.78, 5) is 17.4. The van der Waals surface area contributed by atoms with Gasteiger partial charge in [0.05, 0.1) is 0 Å². The molecule has 5 heteroatoms. The summed E-state index contributed by atoms with van der Waals surface area (Å²) in [6.45, 7) is 5.29. The molecule has 0 saturated heterocycles. The van der Waals surface area contributed by atoms with Gasteiger partial charge in [0, 0.05) is 13.1 Å². The highest BCUT2D eigenvalue weighted by Crippen LogP contribution is 1.88. The van der Waals surface area contributed by atoms with E-state index in [2.05, 4.69) is 16.6 Å². The van der Waals surface area contributed by atoms with Crippen LogP contribution in [0.15, 0.2) is 12.7 Å². The summed E-state index contributed by atoms with van der Waals surface area (Å²) in [6, 6.07) is 0. The summed E-state index contributed by atoms with van der Waals surface area (Å²) in [5.41, 5.74) is 2.42. The second-order valence-corrected chi connectivity index (χ2v) is 4.08. The maximum absolute atomic E-state index is 8.70. The van der Waals surface area contributed by atoms with E-state index in [9.17, 15) is 0 Å². The highest BCUT2D eigenvalue weighted by molar-refractivity contribution is 6.55. The van der Waals surface area contributed by atoms with Crippen LogP contribution in [0.1, 0.15) is 6.42 Å². The Morgan fingerprint density at radius 1 is 1.70 bits per heavy atom. The molecule has 0 amide bonds. The Morgan fingerprint density at radius 2 is 2.30 bits per heavy atom. The lowest BCUT2D eigenvalue weighted by Crippen LogP contribution is -2.40. The smallest absolute Gasteiger partial charge is 0.389 e. The van der Waals surface area contributed by atoms with E-state index in [0.29, 0.717) is 6.54 Å². The number of nitrogens with one attached hydrogen (secondary N) is 1. The lowest BCUT2D eigenvalue weighted by Gasteiger charge is -2.11. The van der Waals surface area contributed by atoms with Gasteiger partial charge in [0.25, 0.3) is 0 Å². The van der Waals surface area contributed by atoms with Gasteiger partial charge in [-0.2, -0.15) is 0 Å². The molecule has 0 bridgehead atoms. The molecule has 0 aromatic heterocycles. The molecule has 4 nitrogen and oxygen atoms in total. The Kier molecular flexibility index (Phi) is 4.49. The van der Waals surface area contributed by atoms with Crippen LogP contribution in [0, 0.1) is 0 Å². The van der Waals surface area contributed by atoms with Crippen LogP contribution in [0.5, 0.6) is 0 Å². The van der Waals surface area contributed by atoms with Crippen LogP contribution in [0.4, 0.5) is 0 Å². The van der Waals surface area contributed by atoms with E-state index in [1.165, 1.54) is 6.55 Å². The predicted octanol–water partition coefficient (Wildman–Crippen LogP) is -0.363. The van der Waals surface area contributed by atoms with E-state index < -0.39 is 8.80 Å². The van der Waals surface area contributed by atoms with E-state index in [0.717, 1.165) is 6.42 Å². The van der Waals surface area contributed by atoms with Crippen molar-refractivity contribution in [2.75, 3.05) is 6.54 Å². The molecule has 60 valence electrons. The third-order valence-corrected chi connectivity index (χ3v) is 1.25. The topological polar surface area (TPSA) is 61.7 Å². The number of hydrogen-bond donors (Lipinski definition) is 3. The van der Waals surface area contributed by atoms with Crippen molar-refractivity contribution in [3.8, 4) is 0 Å². The van der Waals surface area contributed by atoms with Crippen molar-refractivity contribution in [1.29, 1.82) is 0 Å². The molecule has 3 N–H and O–H groups in total. The van der Waals surface area contributed by atoms with Gasteiger partial charge in [-0.3, -0.25) is 4.53 Å². The molecule has 0 aliphatic carbocycles. The third kappa shape index (κ3) is 7.80. The summed E-state index contributed by atoms with van der Waals surface area (Å²) in [7, 11) is -3.35. The highest BCUT2D eigenvalue weighted by Gasteiger charge is 2.23. The first kappa shape index (κ1) is 9.80. The summed E-state index contributed by atoms with van der Waals surface area (Å²) in [5, 5.41) is 0. The van der Waals surface area contributed by atoms with Gasteiger partial charge in [0.1, 0.15) is 0 Å². The molecule has 0 atom stereocenters. The van der Waals surface area contributed by atoms with Crippen molar-refractivity contribution in [2.24, 2.45) is 0 Å².